The van der Waals surface area contributed by atoms with Crippen molar-refractivity contribution in [1.29, 1.82) is 0 Å². The maximum atomic E-state index is 12.9. The lowest BCUT2D eigenvalue weighted by Gasteiger charge is -2.24. The van der Waals surface area contributed by atoms with Gasteiger partial charge in [0.2, 0.25) is 11.8 Å². The second kappa shape index (κ2) is 6.84. The van der Waals surface area contributed by atoms with Gasteiger partial charge in [-0.1, -0.05) is 36.4 Å². The number of carbonyl (C=O) groups excluding carboxylic acids is 2. The fraction of sp³-hybridized carbons (Fsp3) is 0.400. The predicted octanol–water partition coefficient (Wildman–Crippen LogP) is 2.01. The van der Waals surface area contributed by atoms with E-state index in [0.717, 1.165) is 49.1 Å². The van der Waals surface area contributed by atoms with E-state index < -0.39 is 0 Å². The Morgan fingerprint density at radius 2 is 1.88 bits per heavy atom. The van der Waals surface area contributed by atoms with Gasteiger partial charge in [0.1, 0.15) is 0 Å². The smallest absolute Gasteiger partial charge is 0.228 e. The van der Waals surface area contributed by atoms with Crippen molar-refractivity contribution >= 4 is 28.3 Å². The third-order valence-corrected chi connectivity index (χ3v) is 5.18. The fourth-order valence-corrected chi connectivity index (χ4v) is 3.87. The lowest BCUT2D eigenvalue weighted by molar-refractivity contribution is -0.135. The van der Waals surface area contributed by atoms with Gasteiger partial charge in [0.25, 0.3) is 0 Å². The van der Waals surface area contributed by atoms with E-state index in [0.29, 0.717) is 13.0 Å². The number of rotatable bonds is 2. The summed E-state index contributed by atoms with van der Waals surface area (Å²) in [6.45, 7) is 3.78. The third-order valence-electron chi connectivity index (χ3n) is 5.18. The lowest BCUT2D eigenvalue weighted by atomic mass is 10.1. The van der Waals surface area contributed by atoms with Crippen LogP contribution in [0, 0.1) is 5.92 Å². The van der Waals surface area contributed by atoms with Crippen LogP contribution in [0.3, 0.4) is 0 Å². The highest BCUT2D eigenvalue weighted by atomic mass is 16.2. The summed E-state index contributed by atoms with van der Waals surface area (Å²) in [5.41, 5.74) is 0.913. The summed E-state index contributed by atoms with van der Waals surface area (Å²) in [5, 5.41) is 5.49. The molecule has 0 spiro atoms. The number of nitrogens with zero attached hydrogens (tertiary/aromatic N) is 2. The molecule has 2 aromatic carbocycles. The van der Waals surface area contributed by atoms with Crippen LogP contribution in [0.15, 0.2) is 42.5 Å². The predicted molar refractivity (Wildman–Crippen MR) is 98.5 cm³/mol. The Kier molecular flexibility index (Phi) is 4.40. The second-order valence-electron chi connectivity index (χ2n) is 6.83. The number of benzene rings is 2. The Balaban J connectivity index is 1.56. The first-order valence-electron chi connectivity index (χ1n) is 9.01. The molecular formula is C20H23N3O2. The first kappa shape index (κ1) is 16.1. The van der Waals surface area contributed by atoms with E-state index in [2.05, 4.69) is 5.32 Å². The molecule has 0 saturated carbocycles. The highest BCUT2D eigenvalue weighted by Gasteiger charge is 2.37. The molecule has 2 fully saturated rings. The van der Waals surface area contributed by atoms with E-state index in [1.54, 1.807) is 4.90 Å². The van der Waals surface area contributed by atoms with E-state index in [1.807, 2.05) is 47.4 Å². The van der Waals surface area contributed by atoms with Crippen LogP contribution in [-0.4, -0.2) is 49.4 Å². The second-order valence-corrected chi connectivity index (χ2v) is 6.83. The molecule has 2 amide bonds. The molecule has 0 radical (unpaired) electrons. The molecule has 0 aromatic heterocycles. The minimum absolute atomic E-state index is 0.0441. The van der Waals surface area contributed by atoms with Gasteiger partial charge in [0.15, 0.2) is 0 Å². The maximum Gasteiger partial charge on any atom is 0.228 e. The van der Waals surface area contributed by atoms with Crippen molar-refractivity contribution in [2.75, 3.05) is 37.6 Å². The summed E-state index contributed by atoms with van der Waals surface area (Å²) in [6.07, 6.45) is 1.28. The van der Waals surface area contributed by atoms with Crippen molar-refractivity contribution in [3.05, 3.63) is 42.5 Å². The van der Waals surface area contributed by atoms with Crippen LogP contribution >= 0.6 is 0 Å². The van der Waals surface area contributed by atoms with Gasteiger partial charge >= 0.3 is 0 Å². The van der Waals surface area contributed by atoms with Gasteiger partial charge in [0.05, 0.1) is 11.6 Å². The number of hydrogen-bond donors (Lipinski definition) is 1. The van der Waals surface area contributed by atoms with Crippen molar-refractivity contribution in [3.63, 3.8) is 0 Å². The van der Waals surface area contributed by atoms with Crippen LogP contribution in [0.25, 0.3) is 10.8 Å². The van der Waals surface area contributed by atoms with Gasteiger partial charge in [-0.05, 0) is 24.4 Å². The van der Waals surface area contributed by atoms with Crippen LogP contribution in [-0.2, 0) is 9.59 Å². The SMILES string of the molecule is O=C(C1CC(=O)N(c2cccc3ccccc23)C1)N1CCCNCC1. The van der Waals surface area contributed by atoms with Crippen molar-refractivity contribution in [2.45, 2.75) is 12.8 Å². The molecule has 1 atom stereocenters. The summed E-state index contributed by atoms with van der Waals surface area (Å²) < 4.78 is 0. The molecule has 2 aliphatic heterocycles. The van der Waals surface area contributed by atoms with E-state index in [1.165, 1.54) is 0 Å². The molecular weight excluding hydrogens is 314 g/mol. The van der Waals surface area contributed by atoms with Crippen molar-refractivity contribution < 1.29 is 9.59 Å². The molecule has 1 unspecified atom stereocenters. The zero-order valence-electron chi connectivity index (χ0n) is 14.3. The zero-order chi connectivity index (χ0) is 17.2. The van der Waals surface area contributed by atoms with E-state index in [-0.39, 0.29) is 17.7 Å². The molecule has 5 nitrogen and oxygen atoms in total. The van der Waals surface area contributed by atoms with Crippen LogP contribution < -0.4 is 10.2 Å². The quantitative estimate of drug-likeness (QED) is 0.912. The monoisotopic (exact) mass is 337 g/mol. The molecule has 5 heteroatoms. The average Bonchev–Trinajstić information content (AvgIpc) is 2.85. The number of anilines is 1. The maximum absolute atomic E-state index is 12.9. The van der Waals surface area contributed by atoms with Crippen LogP contribution in [0.2, 0.25) is 0 Å². The molecule has 2 heterocycles. The molecule has 25 heavy (non-hydrogen) atoms. The minimum Gasteiger partial charge on any atom is -0.341 e. The minimum atomic E-state index is -0.232. The van der Waals surface area contributed by atoms with Crippen LogP contribution in [0.4, 0.5) is 5.69 Å². The Bertz CT molecular complexity index is 791. The number of amides is 2. The highest BCUT2D eigenvalue weighted by molar-refractivity contribution is 6.06. The first-order valence-corrected chi connectivity index (χ1v) is 9.01. The number of nitrogens with one attached hydrogen (secondary N) is 1. The van der Waals surface area contributed by atoms with Gasteiger partial charge in [-0.3, -0.25) is 9.59 Å². The molecule has 2 aliphatic rings. The molecule has 0 bridgehead atoms. The summed E-state index contributed by atoms with van der Waals surface area (Å²) in [4.78, 5) is 29.2. The Morgan fingerprint density at radius 1 is 1.04 bits per heavy atom. The van der Waals surface area contributed by atoms with Crippen molar-refractivity contribution in [3.8, 4) is 0 Å². The van der Waals surface area contributed by atoms with E-state index >= 15 is 0 Å². The van der Waals surface area contributed by atoms with Crippen LogP contribution in [0.5, 0.6) is 0 Å². The van der Waals surface area contributed by atoms with Gasteiger partial charge in [-0.15, -0.1) is 0 Å². The number of fused-ring (bicyclic) bond motifs is 1. The van der Waals surface area contributed by atoms with E-state index in [4.69, 9.17) is 0 Å². The normalized spacial score (nSPS) is 21.6. The zero-order valence-corrected chi connectivity index (χ0v) is 14.3. The molecule has 0 aliphatic carbocycles. The molecule has 4 rings (SSSR count). The molecule has 130 valence electrons. The van der Waals surface area contributed by atoms with Gasteiger partial charge in [-0.25, -0.2) is 0 Å². The van der Waals surface area contributed by atoms with Crippen molar-refractivity contribution in [2.24, 2.45) is 5.92 Å². The third kappa shape index (κ3) is 3.12. The van der Waals surface area contributed by atoms with E-state index in [9.17, 15) is 9.59 Å². The summed E-state index contributed by atoms with van der Waals surface area (Å²) in [7, 11) is 0. The molecule has 2 aromatic rings. The van der Waals surface area contributed by atoms with Gasteiger partial charge in [0, 0.05) is 38.0 Å². The first-order chi connectivity index (χ1) is 12.2. The summed E-state index contributed by atoms with van der Waals surface area (Å²) in [5.74, 6) is -0.0630. The topological polar surface area (TPSA) is 52.7 Å². The Labute approximate surface area is 147 Å². The molecule has 1 N–H and O–H groups in total. The number of carbonyl (C=O) groups is 2. The summed E-state index contributed by atoms with van der Waals surface area (Å²) >= 11 is 0. The average molecular weight is 337 g/mol. The molecule has 2 saturated heterocycles. The largest absolute Gasteiger partial charge is 0.341 e. The van der Waals surface area contributed by atoms with Gasteiger partial charge < -0.3 is 15.1 Å². The highest BCUT2D eigenvalue weighted by Crippen LogP contribution is 2.32. The van der Waals surface area contributed by atoms with Gasteiger partial charge in [-0.2, -0.15) is 0 Å². The summed E-state index contributed by atoms with van der Waals surface area (Å²) in [6, 6.07) is 14.1. The standard InChI is InChI=1S/C20H23N3O2/c24-19-13-16(20(25)22-11-4-9-21-10-12-22)14-23(19)18-8-3-6-15-5-1-2-7-17(15)18/h1-3,5-8,16,21H,4,9-14H2. The Hall–Kier alpha value is -2.40. The Morgan fingerprint density at radius 3 is 2.80 bits per heavy atom. The van der Waals surface area contributed by atoms with Crippen LogP contribution in [0.1, 0.15) is 12.8 Å². The van der Waals surface area contributed by atoms with Crippen molar-refractivity contribution in [1.82, 2.24) is 10.2 Å². The number of hydrogen-bond acceptors (Lipinski definition) is 3. The lowest BCUT2D eigenvalue weighted by Crippen LogP contribution is -2.39. The fourth-order valence-electron chi connectivity index (χ4n) is 3.87.